The molecule has 0 radical (unpaired) electrons. The third-order valence-corrected chi connectivity index (χ3v) is 2.85. The van der Waals surface area contributed by atoms with Crippen molar-refractivity contribution in [3.05, 3.63) is 0 Å². The molecule has 3 atom stereocenters. The summed E-state index contributed by atoms with van der Waals surface area (Å²) >= 11 is 0. The molecule has 2 heterocycles. The monoisotopic (exact) mass is 185 g/mol. The van der Waals surface area contributed by atoms with Gasteiger partial charge in [-0.2, -0.15) is 0 Å². The highest BCUT2D eigenvalue weighted by molar-refractivity contribution is 4.74. The minimum absolute atomic E-state index is 0.357. The van der Waals surface area contributed by atoms with Crippen molar-refractivity contribution in [1.29, 1.82) is 0 Å². The van der Waals surface area contributed by atoms with Gasteiger partial charge in [-0.3, -0.25) is 0 Å². The molecule has 3 nitrogen and oxygen atoms in total. The summed E-state index contributed by atoms with van der Waals surface area (Å²) in [6.45, 7) is 5.04. The smallest absolute Gasteiger partial charge is 0.0813 e. The molecule has 3 unspecified atom stereocenters. The Labute approximate surface area is 79.8 Å². The van der Waals surface area contributed by atoms with Crippen molar-refractivity contribution >= 4 is 0 Å². The third-order valence-electron chi connectivity index (χ3n) is 2.85. The molecule has 0 saturated carbocycles. The molecule has 0 aromatic heterocycles. The third kappa shape index (κ3) is 2.66. The summed E-state index contributed by atoms with van der Waals surface area (Å²) < 4.78 is 11.4. The molecule has 76 valence electrons. The first-order valence-corrected chi connectivity index (χ1v) is 5.32. The second-order valence-electron chi connectivity index (χ2n) is 4.09. The Bertz CT molecular complexity index is 157. The van der Waals surface area contributed by atoms with E-state index in [1.807, 2.05) is 0 Å². The van der Waals surface area contributed by atoms with Crippen LogP contribution in [-0.2, 0) is 9.47 Å². The second kappa shape index (κ2) is 4.40. The van der Waals surface area contributed by atoms with Crippen LogP contribution >= 0.6 is 0 Å². The van der Waals surface area contributed by atoms with E-state index in [9.17, 15) is 0 Å². The van der Waals surface area contributed by atoms with E-state index in [-0.39, 0.29) is 0 Å². The lowest BCUT2D eigenvalue weighted by Gasteiger charge is -2.15. The summed E-state index contributed by atoms with van der Waals surface area (Å²) in [4.78, 5) is 0. The molecular formula is C10H19NO2. The van der Waals surface area contributed by atoms with Gasteiger partial charge in [0.25, 0.3) is 0 Å². The Morgan fingerprint density at radius 2 is 2.31 bits per heavy atom. The van der Waals surface area contributed by atoms with Crippen LogP contribution in [0.1, 0.15) is 26.2 Å². The molecule has 13 heavy (non-hydrogen) atoms. The molecule has 2 fully saturated rings. The van der Waals surface area contributed by atoms with E-state index in [0.717, 1.165) is 26.1 Å². The average molecular weight is 185 g/mol. The van der Waals surface area contributed by atoms with E-state index < -0.39 is 0 Å². The summed E-state index contributed by atoms with van der Waals surface area (Å²) in [6, 6.07) is 0. The van der Waals surface area contributed by atoms with Crippen LogP contribution in [0.5, 0.6) is 0 Å². The van der Waals surface area contributed by atoms with Gasteiger partial charge in [-0.05, 0) is 32.7 Å². The molecule has 3 heteroatoms. The van der Waals surface area contributed by atoms with Crippen LogP contribution in [-0.4, -0.2) is 38.0 Å². The lowest BCUT2D eigenvalue weighted by molar-refractivity contribution is -0.0319. The van der Waals surface area contributed by atoms with Crippen LogP contribution < -0.4 is 5.32 Å². The maximum absolute atomic E-state index is 5.75. The molecular weight excluding hydrogens is 166 g/mol. The number of rotatable bonds is 3. The van der Waals surface area contributed by atoms with E-state index in [4.69, 9.17) is 9.47 Å². The van der Waals surface area contributed by atoms with Crippen LogP contribution in [0, 0.1) is 0 Å². The number of nitrogens with one attached hydrogen (secondary N) is 1. The van der Waals surface area contributed by atoms with Crippen molar-refractivity contribution in [1.82, 2.24) is 5.32 Å². The van der Waals surface area contributed by atoms with Gasteiger partial charge < -0.3 is 14.8 Å². The van der Waals surface area contributed by atoms with Gasteiger partial charge >= 0.3 is 0 Å². The van der Waals surface area contributed by atoms with E-state index >= 15 is 0 Å². The molecule has 0 aliphatic carbocycles. The Morgan fingerprint density at radius 3 is 2.92 bits per heavy atom. The van der Waals surface area contributed by atoms with Gasteiger partial charge in [0.1, 0.15) is 0 Å². The minimum Gasteiger partial charge on any atom is -0.374 e. The molecule has 2 aliphatic rings. The van der Waals surface area contributed by atoms with Crippen molar-refractivity contribution < 1.29 is 9.47 Å². The normalized spacial score (nSPS) is 39.9. The number of ether oxygens (including phenoxy) is 2. The molecule has 2 rings (SSSR count). The van der Waals surface area contributed by atoms with E-state index in [1.54, 1.807) is 0 Å². The van der Waals surface area contributed by atoms with E-state index in [1.165, 1.54) is 12.8 Å². The molecule has 2 aliphatic heterocycles. The Balaban J connectivity index is 1.62. The first-order chi connectivity index (χ1) is 6.34. The highest BCUT2D eigenvalue weighted by Crippen LogP contribution is 2.19. The lowest BCUT2D eigenvalue weighted by atomic mass is 10.2. The second-order valence-corrected chi connectivity index (χ2v) is 4.09. The van der Waals surface area contributed by atoms with Gasteiger partial charge in [0, 0.05) is 6.54 Å². The molecule has 0 aromatic rings. The molecule has 2 saturated heterocycles. The van der Waals surface area contributed by atoms with Gasteiger partial charge in [-0.1, -0.05) is 0 Å². The Morgan fingerprint density at radius 1 is 1.38 bits per heavy atom. The zero-order chi connectivity index (χ0) is 9.10. The van der Waals surface area contributed by atoms with Crippen LogP contribution in [0.15, 0.2) is 0 Å². The van der Waals surface area contributed by atoms with Crippen LogP contribution in [0.2, 0.25) is 0 Å². The molecule has 0 spiro atoms. The average Bonchev–Trinajstić information content (AvgIpc) is 2.71. The highest BCUT2D eigenvalue weighted by Gasteiger charge is 2.23. The fourth-order valence-electron chi connectivity index (χ4n) is 2.02. The maximum atomic E-state index is 5.75. The summed E-state index contributed by atoms with van der Waals surface area (Å²) in [5.41, 5.74) is 0. The first kappa shape index (κ1) is 9.44. The van der Waals surface area contributed by atoms with Gasteiger partial charge in [0.15, 0.2) is 0 Å². The van der Waals surface area contributed by atoms with Crippen LogP contribution in [0.3, 0.4) is 0 Å². The number of hydrogen-bond donors (Lipinski definition) is 1. The SMILES string of the molecule is CC1CCC(COC2CCNC2)O1. The highest BCUT2D eigenvalue weighted by atomic mass is 16.5. The Hall–Kier alpha value is -0.120. The predicted molar refractivity (Wildman–Crippen MR) is 50.8 cm³/mol. The molecule has 0 aromatic carbocycles. The van der Waals surface area contributed by atoms with E-state index in [0.29, 0.717) is 18.3 Å². The standard InChI is InChI=1S/C10H19NO2/c1-8-2-3-10(13-8)7-12-9-4-5-11-6-9/h8-11H,2-7H2,1H3. The number of hydrogen-bond acceptors (Lipinski definition) is 3. The molecule has 1 N–H and O–H groups in total. The van der Waals surface area contributed by atoms with Gasteiger partial charge in [0.2, 0.25) is 0 Å². The van der Waals surface area contributed by atoms with Crippen molar-refractivity contribution in [2.24, 2.45) is 0 Å². The van der Waals surface area contributed by atoms with E-state index in [2.05, 4.69) is 12.2 Å². The summed E-state index contributed by atoms with van der Waals surface area (Å²) in [5.74, 6) is 0. The van der Waals surface area contributed by atoms with Crippen LogP contribution in [0.25, 0.3) is 0 Å². The van der Waals surface area contributed by atoms with Crippen molar-refractivity contribution in [3.8, 4) is 0 Å². The largest absolute Gasteiger partial charge is 0.374 e. The minimum atomic E-state index is 0.357. The summed E-state index contributed by atoms with van der Waals surface area (Å²) in [7, 11) is 0. The zero-order valence-electron chi connectivity index (χ0n) is 8.29. The van der Waals surface area contributed by atoms with Crippen molar-refractivity contribution in [2.75, 3.05) is 19.7 Å². The summed E-state index contributed by atoms with van der Waals surface area (Å²) in [6.07, 6.45) is 4.74. The van der Waals surface area contributed by atoms with Crippen LogP contribution in [0.4, 0.5) is 0 Å². The molecule has 0 amide bonds. The first-order valence-electron chi connectivity index (χ1n) is 5.32. The maximum Gasteiger partial charge on any atom is 0.0813 e. The fourth-order valence-corrected chi connectivity index (χ4v) is 2.02. The Kier molecular flexibility index (Phi) is 3.19. The van der Waals surface area contributed by atoms with Gasteiger partial charge in [0.05, 0.1) is 24.9 Å². The zero-order valence-corrected chi connectivity index (χ0v) is 8.29. The lowest BCUT2D eigenvalue weighted by Crippen LogP contribution is -2.23. The molecule has 0 bridgehead atoms. The predicted octanol–water partition coefficient (Wildman–Crippen LogP) is 0.932. The topological polar surface area (TPSA) is 30.5 Å². The van der Waals surface area contributed by atoms with Gasteiger partial charge in [-0.15, -0.1) is 0 Å². The fraction of sp³-hybridized carbons (Fsp3) is 1.00. The van der Waals surface area contributed by atoms with Crippen molar-refractivity contribution in [2.45, 2.75) is 44.5 Å². The quantitative estimate of drug-likeness (QED) is 0.709. The van der Waals surface area contributed by atoms with Crippen molar-refractivity contribution in [3.63, 3.8) is 0 Å². The van der Waals surface area contributed by atoms with Gasteiger partial charge in [-0.25, -0.2) is 0 Å². The summed E-state index contributed by atoms with van der Waals surface area (Å²) in [5, 5.41) is 3.29.